The van der Waals surface area contributed by atoms with E-state index >= 15 is 0 Å². The molecule has 144 valence electrons. The number of carbonyl (C=O) groups excluding carboxylic acids is 1. The average Bonchev–Trinajstić information content (AvgIpc) is 2.60. The van der Waals surface area contributed by atoms with Gasteiger partial charge in [0.1, 0.15) is 18.3 Å². The Morgan fingerprint density at radius 3 is 2.46 bits per heavy atom. The minimum Gasteiger partial charge on any atom is -0.507 e. The van der Waals surface area contributed by atoms with E-state index in [9.17, 15) is 15.0 Å². The summed E-state index contributed by atoms with van der Waals surface area (Å²) in [5, 5.41) is 20.5. The van der Waals surface area contributed by atoms with E-state index < -0.39 is 0 Å². The highest BCUT2D eigenvalue weighted by Gasteiger charge is 2.19. The topological polar surface area (TPSA) is 76.0 Å². The lowest BCUT2D eigenvalue weighted by Gasteiger charge is -2.13. The number of allylic oxidation sites excluding steroid dienone is 3. The molecule has 0 unspecified atom stereocenters. The zero-order valence-corrected chi connectivity index (χ0v) is 16.5. The summed E-state index contributed by atoms with van der Waals surface area (Å²) in [6, 6.07) is 0. The zero-order chi connectivity index (χ0) is 19.7. The summed E-state index contributed by atoms with van der Waals surface area (Å²) in [6.45, 7) is 6.38. The van der Waals surface area contributed by atoms with Crippen LogP contribution in [-0.2, 0) is 15.9 Å². The molecule has 0 spiro atoms. The van der Waals surface area contributed by atoms with Gasteiger partial charge in [-0.05, 0) is 45.6 Å². The monoisotopic (exact) mass is 382 g/mol. The Morgan fingerprint density at radius 1 is 1.15 bits per heavy atom. The summed E-state index contributed by atoms with van der Waals surface area (Å²) in [5.41, 5.74) is 2.99. The molecular formula is C20H27ClO5. The summed E-state index contributed by atoms with van der Waals surface area (Å²) in [5.74, 6) is -0.392. The van der Waals surface area contributed by atoms with Crippen LogP contribution in [0.5, 0.6) is 11.5 Å². The van der Waals surface area contributed by atoms with Crippen molar-refractivity contribution in [2.75, 3.05) is 20.5 Å². The number of aldehydes is 1. The molecule has 0 aromatic heterocycles. The predicted molar refractivity (Wildman–Crippen MR) is 103 cm³/mol. The second-order valence-electron chi connectivity index (χ2n) is 6.25. The molecule has 1 aromatic carbocycles. The maximum Gasteiger partial charge on any atom is 0.154 e. The molecule has 2 N–H and O–H groups in total. The maximum atomic E-state index is 11.2. The van der Waals surface area contributed by atoms with Crippen molar-refractivity contribution >= 4 is 17.9 Å². The molecule has 1 aromatic rings. The van der Waals surface area contributed by atoms with Crippen molar-refractivity contribution < 1.29 is 24.5 Å². The number of phenols is 2. The van der Waals surface area contributed by atoms with Gasteiger partial charge in [0.25, 0.3) is 0 Å². The highest BCUT2D eigenvalue weighted by Crippen LogP contribution is 2.40. The quantitative estimate of drug-likeness (QED) is 0.265. The minimum absolute atomic E-state index is 0.0978. The largest absolute Gasteiger partial charge is 0.507 e. The van der Waals surface area contributed by atoms with Crippen molar-refractivity contribution in [1.82, 2.24) is 0 Å². The van der Waals surface area contributed by atoms with Crippen molar-refractivity contribution in [1.29, 1.82) is 0 Å². The van der Waals surface area contributed by atoms with E-state index in [1.807, 2.05) is 19.9 Å². The number of carbonyl (C=O) groups is 1. The van der Waals surface area contributed by atoms with Crippen LogP contribution in [0.4, 0.5) is 0 Å². The number of rotatable bonds is 10. The normalized spacial score (nSPS) is 12.5. The van der Waals surface area contributed by atoms with Gasteiger partial charge < -0.3 is 19.7 Å². The highest BCUT2D eigenvalue weighted by molar-refractivity contribution is 6.33. The molecule has 0 aliphatic carbocycles. The summed E-state index contributed by atoms with van der Waals surface area (Å²) in [6.07, 6.45) is 6.56. The molecule has 0 aliphatic rings. The Hall–Kier alpha value is -1.82. The molecule has 5 nitrogen and oxygen atoms in total. The molecule has 0 saturated carbocycles. The molecular weight excluding hydrogens is 356 g/mol. The Labute approximate surface area is 159 Å². The Morgan fingerprint density at radius 2 is 1.85 bits per heavy atom. The number of methoxy groups -OCH3 is 1. The van der Waals surface area contributed by atoms with Crippen LogP contribution < -0.4 is 0 Å². The molecule has 26 heavy (non-hydrogen) atoms. The lowest BCUT2D eigenvalue weighted by atomic mass is 9.99. The first-order valence-corrected chi connectivity index (χ1v) is 8.77. The van der Waals surface area contributed by atoms with Gasteiger partial charge in [-0.1, -0.05) is 34.9 Å². The van der Waals surface area contributed by atoms with Gasteiger partial charge in [0.15, 0.2) is 6.29 Å². The SMILES string of the molecule is COCOC/C(C)=C/CC/C(C)=C/Cc1c(O)c(Cl)c(C)c(C=O)c1O. The van der Waals surface area contributed by atoms with E-state index in [-0.39, 0.29) is 34.4 Å². The summed E-state index contributed by atoms with van der Waals surface area (Å²) < 4.78 is 10.1. The molecule has 0 heterocycles. The van der Waals surface area contributed by atoms with Crippen molar-refractivity contribution in [2.45, 2.75) is 40.0 Å². The summed E-state index contributed by atoms with van der Waals surface area (Å²) in [4.78, 5) is 11.2. The van der Waals surface area contributed by atoms with Crippen LogP contribution in [0.1, 0.15) is 48.2 Å². The molecule has 0 radical (unpaired) electrons. The lowest BCUT2D eigenvalue weighted by molar-refractivity contribution is -0.0211. The van der Waals surface area contributed by atoms with E-state index in [4.69, 9.17) is 21.1 Å². The van der Waals surface area contributed by atoms with Crippen LogP contribution in [0.2, 0.25) is 5.02 Å². The number of ether oxygens (including phenoxy) is 2. The molecule has 0 fully saturated rings. The van der Waals surface area contributed by atoms with Gasteiger partial charge in [-0.25, -0.2) is 0 Å². The van der Waals surface area contributed by atoms with Crippen LogP contribution >= 0.6 is 11.6 Å². The minimum atomic E-state index is -0.213. The molecule has 0 amide bonds. The first-order chi connectivity index (χ1) is 12.3. The van der Waals surface area contributed by atoms with Gasteiger partial charge in [0.05, 0.1) is 17.2 Å². The van der Waals surface area contributed by atoms with Crippen LogP contribution in [0.15, 0.2) is 23.3 Å². The average molecular weight is 383 g/mol. The van der Waals surface area contributed by atoms with Gasteiger partial charge in [-0.2, -0.15) is 0 Å². The third kappa shape index (κ3) is 6.16. The third-order valence-electron chi connectivity index (χ3n) is 4.10. The van der Waals surface area contributed by atoms with Crippen molar-refractivity contribution in [3.63, 3.8) is 0 Å². The van der Waals surface area contributed by atoms with E-state index in [0.717, 1.165) is 24.0 Å². The number of benzene rings is 1. The smallest absolute Gasteiger partial charge is 0.154 e. The van der Waals surface area contributed by atoms with Crippen LogP contribution in [0.25, 0.3) is 0 Å². The molecule has 6 heteroatoms. The van der Waals surface area contributed by atoms with E-state index in [2.05, 4.69) is 6.08 Å². The van der Waals surface area contributed by atoms with Gasteiger partial charge in [-0.15, -0.1) is 0 Å². The summed E-state index contributed by atoms with van der Waals surface area (Å²) in [7, 11) is 1.59. The van der Waals surface area contributed by atoms with Crippen LogP contribution in [-0.4, -0.2) is 37.0 Å². The number of halogens is 1. The molecule has 0 bridgehead atoms. The first-order valence-electron chi connectivity index (χ1n) is 8.39. The zero-order valence-electron chi connectivity index (χ0n) is 15.8. The van der Waals surface area contributed by atoms with Crippen molar-refractivity contribution in [3.05, 3.63) is 45.0 Å². The van der Waals surface area contributed by atoms with E-state index in [1.54, 1.807) is 14.0 Å². The first kappa shape index (κ1) is 22.2. The van der Waals surface area contributed by atoms with Crippen molar-refractivity contribution in [3.8, 4) is 11.5 Å². The van der Waals surface area contributed by atoms with Gasteiger partial charge >= 0.3 is 0 Å². The summed E-state index contributed by atoms with van der Waals surface area (Å²) >= 11 is 6.06. The fourth-order valence-electron chi connectivity index (χ4n) is 2.49. The number of phenolic OH excluding ortho intramolecular Hbond substituents is 2. The predicted octanol–water partition coefficient (Wildman–Crippen LogP) is 4.71. The van der Waals surface area contributed by atoms with E-state index in [0.29, 0.717) is 24.9 Å². The fraction of sp³-hybridized carbons (Fsp3) is 0.450. The second kappa shape index (κ2) is 11.0. The van der Waals surface area contributed by atoms with Crippen LogP contribution in [0.3, 0.4) is 0 Å². The van der Waals surface area contributed by atoms with Gasteiger partial charge in [0, 0.05) is 12.7 Å². The fourth-order valence-corrected chi connectivity index (χ4v) is 2.70. The number of hydrogen-bond acceptors (Lipinski definition) is 5. The van der Waals surface area contributed by atoms with E-state index in [1.165, 1.54) is 0 Å². The number of aromatic hydroxyl groups is 2. The Kier molecular flexibility index (Phi) is 9.41. The second-order valence-corrected chi connectivity index (χ2v) is 6.62. The molecule has 0 saturated heterocycles. The Bertz CT molecular complexity index is 692. The standard InChI is InChI=1S/C20H27ClO5/c1-13(6-5-7-14(2)11-26-12-25-4)8-9-16-19(23)17(10-22)15(3)18(21)20(16)24/h7-8,10,23-24H,5-6,9,11-12H2,1-4H3/b13-8+,14-7+. The molecule has 1 rings (SSSR count). The van der Waals surface area contributed by atoms with Crippen molar-refractivity contribution in [2.24, 2.45) is 0 Å². The lowest BCUT2D eigenvalue weighted by Crippen LogP contribution is -1.99. The Balaban J connectivity index is 2.74. The maximum absolute atomic E-state index is 11.2. The van der Waals surface area contributed by atoms with Crippen LogP contribution in [0, 0.1) is 6.92 Å². The van der Waals surface area contributed by atoms with Gasteiger partial charge in [0.2, 0.25) is 0 Å². The highest BCUT2D eigenvalue weighted by atomic mass is 35.5. The number of hydrogen-bond donors (Lipinski definition) is 2. The van der Waals surface area contributed by atoms with Gasteiger partial charge in [-0.3, -0.25) is 4.79 Å². The molecule has 0 atom stereocenters. The third-order valence-corrected chi connectivity index (χ3v) is 4.57. The molecule has 0 aliphatic heterocycles.